The molecule has 0 saturated carbocycles. The average molecular weight is 1520 g/mol. The fourth-order valence-corrected chi connectivity index (χ4v) is 17.4. The Kier molecular flexibility index (Phi) is 25.4. The topological polar surface area (TPSA) is 323 Å². The van der Waals surface area contributed by atoms with Gasteiger partial charge in [-0.15, -0.1) is 11.8 Å². The Morgan fingerprint density at radius 1 is 0.835 bits per heavy atom. The molecule has 0 fully saturated rings. The van der Waals surface area contributed by atoms with Crippen LogP contribution < -0.4 is 42.2 Å². The molecule has 5 aliphatic rings. The standard InChI is InChI=1S/C84H101N9O14S2/c1-10-58-59-47-57(37-38-65(59)88-75-60(58)49-93-69(75)48-64-61(79(93)98)51-107-80(99)84(64,101)11-2)106-50-53-31-35-56(36-32-53)87-77(96)66(27-22-42-86-81(85)100)89-78(97)74(52(3)4)90-72(94)30-13-12-18-43-91-67-28-16-14-25-62(67)82(5,6)70(91)39-33-54-23-21-24-55(76(54)108-45-41-73(95)105-9)34-40-71-83(7,8)63-26-15-17-29-68(63)92(71)44-19-20-46-109(102,103)104/h14-17,25-26,28-29,31-40,47-48,52,66,74,101H,10-13,18-24,27,30,41-46,49-51H2,1-9H3,(H6-,85,86,87,89,90,94,96,97,100,102,103,104)/t66-,74-,84-/m0/s1. The molecule has 3 atom stereocenters. The average Bonchev–Trinajstić information content (AvgIpc) is 1.62. The molecule has 0 spiro atoms. The van der Waals surface area contributed by atoms with Crippen LogP contribution in [0.2, 0.25) is 0 Å². The zero-order chi connectivity index (χ0) is 78.1. The number of cyclic esters (lactones) is 1. The summed E-state index contributed by atoms with van der Waals surface area (Å²) in [6.45, 7) is 17.9. The number of rotatable bonds is 33. The Balaban J connectivity index is 0.719. The van der Waals surface area contributed by atoms with Gasteiger partial charge >= 0.3 is 18.0 Å². The van der Waals surface area contributed by atoms with E-state index in [0.717, 1.165) is 87.4 Å². The van der Waals surface area contributed by atoms with Crippen molar-refractivity contribution in [2.24, 2.45) is 11.7 Å². The molecule has 0 radical (unpaired) electrons. The molecule has 0 unspecified atom stereocenters. The monoisotopic (exact) mass is 1520 g/mol. The van der Waals surface area contributed by atoms with Gasteiger partial charge in [0.2, 0.25) is 23.4 Å². The Labute approximate surface area is 642 Å². The highest BCUT2D eigenvalue weighted by Gasteiger charge is 2.47. The van der Waals surface area contributed by atoms with E-state index in [4.69, 9.17) is 24.9 Å². The van der Waals surface area contributed by atoms with Gasteiger partial charge in [0.15, 0.2) is 11.3 Å². The van der Waals surface area contributed by atoms with Crippen LogP contribution in [0.5, 0.6) is 5.75 Å². The van der Waals surface area contributed by atoms with E-state index >= 15 is 0 Å². The van der Waals surface area contributed by atoms with Crippen molar-refractivity contribution in [3.63, 3.8) is 0 Å². The number of aromatic nitrogens is 2. The highest BCUT2D eigenvalue weighted by atomic mass is 32.2. The molecule has 4 aromatic carbocycles. The maximum absolute atomic E-state index is 14.2. The van der Waals surface area contributed by atoms with E-state index in [2.05, 4.69) is 119 Å². The lowest BCUT2D eigenvalue weighted by molar-refractivity contribution is -0.438. The number of allylic oxidation sites excluding steroid dienone is 7. The maximum atomic E-state index is 14.2. The Bertz CT molecular complexity index is 4860. The van der Waals surface area contributed by atoms with Gasteiger partial charge in [0.1, 0.15) is 37.6 Å². The van der Waals surface area contributed by atoms with E-state index in [0.29, 0.717) is 72.9 Å². The van der Waals surface area contributed by atoms with Gasteiger partial charge in [0.25, 0.3) is 5.56 Å². The molecule has 1 aliphatic carbocycles. The van der Waals surface area contributed by atoms with Crippen LogP contribution in [0.15, 0.2) is 148 Å². The summed E-state index contributed by atoms with van der Waals surface area (Å²) in [7, 11) is -2.93. The molecule has 6 aromatic rings. The number of amides is 5. The molecular weight excluding hydrogens is 1420 g/mol. The summed E-state index contributed by atoms with van der Waals surface area (Å²) < 4.78 is 55.2. The molecule has 5 amide bonds. The molecule has 7 N–H and O–H groups in total. The number of hydrogen-bond donors (Lipinski definition) is 6. The number of para-hydroxylation sites is 2. The first-order valence-corrected chi connectivity index (χ1v) is 40.5. The molecule has 11 rings (SSSR count). The number of hydrogen-bond acceptors (Lipinski definition) is 17. The Morgan fingerprint density at radius 3 is 2.31 bits per heavy atom. The minimum absolute atomic E-state index is 0.0434. The second kappa shape index (κ2) is 34.5. The summed E-state index contributed by atoms with van der Waals surface area (Å²) in [4.78, 5) is 101. The van der Waals surface area contributed by atoms with Crippen molar-refractivity contribution in [1.29, 1.82) is 0 Å². The molecule has 23 nitrogen and oxygen atoms in total. The normalized spacial score (nSPS) is 18.1. The lowest BCUT2D eigenvalue weighted by atomic mass is 9.81. The van der Waals surface area contributed by atoms with Crippen molar-refractivity contribution in [3.05, 3.63) is 192 Å². The number of ether oxygens (including phenoxy) is 3. The number of benzene rings is 4. The number of nitrogens with one attached hydrogen (secondary N) is 4. The fraction of sp³-hybridized carbons (Fsp3) is 0.440. The van der Waals surface area contributed by atoms with Crippen molar-refractivity contribution in [3.8, 4) is 17.1 Å². The van der Waals surface area contributed by atoms with E-state index in [9.17, 15) is 51.6 Å². The van der Waals surface area contributed by atoms with E-state index in [-0.39, 0.29) is 104 Å². The number of urea groups is 1. The van der Waals surface area contributed by atoms with Crippen LogP contribution in [-0.4, -0.2) is 124 Å². The van der Waals surface area contributed by atoms with Gasteiger partial charge < -0.3 is 60.3 Å². The first kappa shape index (κ1) is 80.3. The largest absolute Gasteiger partial charge is 0.748 e. The van der Waals surface area contributed by atoms with Crippen LogP contribution in [0, 0.1) is 5.92 Å². The van der Waals surface area contributed by atoms with Gasteiger partial charge in [-0.25, -0.2) is 23.0 Å². The molecule has 25 heteroatoms. The zero-order valence-corrected chi connectivity index (χ0v) is 65.4. The van der Waals surface area contributed by atoms with Crippen molar-refractivity contribution in [1.82, 2.24) is 25.5 Å². The number of aryl methyl sites for hydroxylation is 1. The lowest BCUT2D eigenvalue weighted by Gasteiger charge is -2.31. The van der Waals surface area contributed by atoms with Crippen LogP contribution in [0.1, 0.15) is 178 Å². The number of esters is 2. The highest BCUT2D eigenvalue weighted by Crippen LogP contribution is 2.49. The fourth-order valence-electron chi connectivity index (χ4n) is 15.7. The van der Waals surface area contributed by atoms with Crippen molar-refractivity contribution in [2.75, 3.05) is 48.5 Å². The maximum Gasteiger partial charge on any atom is 0.343 e. The molecule has 4 aliphatic heterocycles. The second-order valence-electron chi connectivity index (χ2n) is 30.0. The molecule has 6 heterocycles. The SMILES string of the molecule is CCc1c2c(nc3ccc(OCc4ccc(NC(=O)[C@H](CCCNC(N)=O)NC(=O)[C@@H](NC(=O)CCCCC[N+]5=C(/C=C/C6=C(SCCC(=O)OC)C(=C/C=C7/N(CCCCS(=O)(=O)[O-])c8ccccc8C7(C)C)/CCC6)C(C)(C)c6ccccc65)C(C)C)cc4)cc13)-c1cc3c(c(=O)n1C2)COC(=O)[C@]3(O)CC. The summed E-state index contributed by atoms with van der Waals surface area (Å²) in [5, 5.41) is 23.6. The van der Waals surface area contributed by atoms with Gasteiger partial charge in [-0.05, 0) is 167 Å². The number of pyridine rings is 2. The third-order valence-electron chi connectivity index (χ3n) is 21.7. The van der Waals surface area contributed by atoms with Gasteiger partial charge in [0.05, 0.1) is 58.1 Å². The summed E-state index contributed by atoms with van der Waals surface area (Å²) in [6.07, 6.45) is 15.9. The molecule has 578 valence electrons. The summed E-state index contributed by atoms with van der Waals surface area (Å²) >= 11 is 1.66. The lowest BCUT2D eigenvalue weighted by Crippen LogP contribution is -2.54. The number of carbonyl (C=O) groups excluding carboxylic acids is 6. The minimum atomic E-state index is -4.33. The van der Waals surface area contributed by atoms with E-state index in [1.165, 1.54) is 23.8 Å². The number of unbranched alkanes of at least 4 members (excludes halogenated alkanes) is 3. The van der Waals surface area contributed by atoms with Crippen LogP contribution in [0.3, 0.4) is 0 Å². The van der Waals surface area contributed by atoms with Crippen LogP contribution in [-0.2, 0) is 86.2 Å². The number of primary amides is 1. The third kappa shape index (κ3) is 18.0. The highest BCUT2D eigenvalue weighted by molar-refractivity contribution is 8.03. The number of carbonyl (C=O) groups is 6. The zero-order valence-electron chi connectivity index (χ0n) is 63.8. The quantitative estimate of drug-likeness (QED) is 0.00963. The molecular formula is C84H101N9O14S2. The van der Waals surface area contributed by atoms with Gasteiger partial charge in [-0.2, -0.15) is 4.58 Å². The molecule has 0 saturated heterocycles. The third-order valence-corrected chi connectivity index (χ3v) is 23.7. The number of aliphatic hydroxyl groups is 1. The van der Waals surface area contributed by atoms with Crippen molar-refractivity contribution in [2.45, 2.75) is 194 Å². The van der Waals surface area contributed by atoms with Crippen molar-refractivity contribution < 1.29 is 65.6 Å². The van der Waals surface area contributed by atoms with E-state index in [1.54, 1.807) is 41.5 Å². The number of methoxy groups -OCH3 is 1. The second-order valence-corrected chi connectivity index (χ2v) is 32.7. The predicted octanol–water partition coefficient (Wildman–Crippen LogP) is 12.1. The summed E-state index contributed by atoms with van der Waals surface area (Å²) in [6, 6.07) is 28.4. The number of nitrogens with two attached hydrogens (primary N) is 1. The Morgan fingerprint density at radius 2 is 1.59 bits per heavy atom. The predicted molar refractivity (Wildman–Crippen MR) is 422 cm³/mol. The van der Waals surface area contributed by atoms with Crippen LogP contribution in [0.4, 0.5) is 21.9 Å². The van der Waals surface area contributed by atoms with E-state index in [1.807, 2.05) is 63.2 Å². The van der Waals surface area contributed by atoms with E-state index < -0.39 is 57.4 Å². The van der Waals surface area contributed by atoms with Crippen molar-refractivity contribution >= 4 is 91.2 Å². The summed E-state index contributed by atoms with van der Waals surface area (Å²) in [5.74, 6) is -2.01. The van der Waals surface area contributed by atoms with Crippen LogP contribution in [0.25, 0.3) is 22.3 Å². The van der Waals surface area contributed by atoms with Gasteiger partial charge in [-0.1, -0.05) is 102 Å². The number of nitrogens with zero attached hydrogens (tertiary/aromatic N) is 4. The first-order chi connectivity index (χ1) is 52.1. The molecule has 2 aromatic heterocycles. The van der Waals surface area contributed by atoms with Gasteiger partial charge in [-0.3, -0.25) is 24.0 Å². The smallest absolute Gasteiger partial charge is 0.343 e. The number of thioether (sulfide) groups is 1. The molecule has 0 bridgehead atoms. The van der Waals surface area contributed by atoms with Crippen LogP contribution >= 0.6 is 11.8 Å². The number of anilines is 2. The first-order valence-electron chi connectivity index (χ1n) is 37.9. The minimum Gasteiger partial charge on any atom is -0.748 e. The Hall–Kier alpha value is -9.69. The number of fused-ring (bicyclic) bond motifs is 7. The summed E-state index contributed by atoms with van der Waals surface area (Å²) in [5.41, 5.74) is 17.0. The van der Waals surface area contributed by atoms with Gasteiger partial charge in [0, 0.05) is 99.0 Å². The molecule has 109 heavy (non-hydrogen) atoms.